The summed E-state index contributed by atoms with van der Waals surface area (Å²) in [4.78, 5) is 25.7. The van der Waals surface area contributed by atoms with Crippen molar-refractivity contribution < 1.29 is 31.2 Å². The maximum Gasteiger partial charge on any atom is 0.405 e. The summed E-state index contributed by atoms with van der Waals surface area (Å²) in [6.45, 7) is -1.49. The molecule has 6 nitrogen and oxygen atoms in total. The molecule has 2 heterocycles. The first-order valence-corrected chi connectivity index (χ1v) is 9.36. The Labute approximate surface area is 141 Å². The molecule has 2 saturated heterocycles. The molecule has 25 heavy (non-hydrogen) atoms. The Bertz CT molecular complexity index is 822. The number of alkyl halides is 3. The number of fused-ring (bicyclic) bond motifs is 1. The second-order valence-electron chi connectivity index (χ2n) is 6.19. The Morgan fingerprint density at radius 1 is 1.24 bits per heavy atom. The summed E-state index contributed by atoms with van der Waals surface area (Å²) in [6, 6.07) is 5.17. The van der Waals surface area contributed by atoms with Gasteiger partial charge in [0, 0.05) is 12.3 Å². The van der Waals surface area contributed by atoms with Crippen molar-refractivity contribution in [1.82, 2.24) is 5.32 Å². The van der Waals surface area contributed by atoms with Crippen molar-refractivity contribution in [2.45, 2.75) is 18.6 Å². The van der Waals surface area contributed by atoms with Gasteiger partial charge in [0.15, 0.2) is 9.84 Å². The molecule has 0 radical (unpaired) electrons. The maximum atomic E-state index is 12.3. The van der Waals surface area contributed by atoms with Crippen LogP contribution >= 0.6 is 0 Å². The number of rotatable bonds is 3. The number of carbonyl (C=O) groups is 2. The molecule has 3 rings (SSSR count). The van der Waals surface area contributed by atoms with Gasteiger partial charge in [-0.05, 0) is 12.1 Å². The molecule has 136 valence electrons. The molecule has 0 unspecified atom stereocenters. The molecular weight excluding hydrogens is 361 g/mol. The van der Waals surface area contributed by atoms with Gasteiger partial charge in [0.25, 0.3) is 5.91 Å². The molecule has 0 saturated carbocycles. The Kier molecular flexibility index (Phi) is 4.26. The number of para-hydroxylation sites is 1. The van der Waals surface area contributed by atoms with E-state index in [4.69, 9.17) is 0 Å². The zero-order chi connectivity index (χ0) is 18.4. The average Bonchev–Trinajstić information content (AvgIpc) is 2.94. The van der Waals surface area contributed by atoms with Crippen molar-refractivity contribution in [3.05, 3.63) is 29.8 Å². The predicted octanol–water partition coefficient (Wildman–Crippen LogP) is 1.13. The number of benzene rings is 1. The number of halogens is 3. The predicted molar refractivity (Wildman–Crippen MR) is 82.9 cm³/mol. The fourth-order valence-corrected chi connectivity index (χ4v) is 5.42. The van der Waals surface area contributed by atoms with E-state index in [0.29, 0.717) is 0 Å². The van der Waals surface area contributed by atoms with E-state index in [1.165, 1.54) is 23.1 Å². The van der Waals surface area contributed by atoms with Crippen molar-refractivity contribution in [2.24, 2.45) is 5.92 Å². The standard InChI is InChI=1S/C15H15F3N2O4S/c16-15(17,18)8-19-14(22)10-3-1-2-4-11(10)20-12-7-25(23,24)6-9(12)5-13(20)21/h1-4,9,12H,5-8H2,(H,19,22)/t9-,12+/m1/s1. The van der Waals surface area contributed by atoms with Crippen LogP contribution in [0.3, 0.4) is 0 Å². The smallest absolute Gasteiger partial charge is 0.343 e. The SMILES string of the molecule is O=C(NCC(F)(F)F)c1ccccc1N1C(=O)C[C@@H]2CS(=O)(=O)C[C@@H]21. The lowest BCUT2D eigenvalue weighted by Gasteiger charge is -2.25. The summed E-state index contributed by atoms with van der Waals surface area (Å²) in [7, 11) is -3.28. The van der Waals surface area contributed by atoms with Gasteiger partial charge in [0.1, 0.15) is 6.54 Å². The summed E-state index contributed by atoms with van der Waals surface area (Å²) in [5.74, 6) is -1.96. The van der Waals surface area contributed by atoms with Gasteiger partial charge < -0.3 is 10.2 Å². The van der Waals surface area contributed by atoms with Gasteiger partial charge in [-0.15, -0.1) is 0 Å². The van der Waals surface area contributed by atoms with E-state index in [-0.39, 0.29) is 41.0 Å². The van der Waals surface area contributed by atoms with Crippen molar-refractivity contribution in [2.75, 3.05) is 23.0 Å². The van der Waals surface area contributed by atoms with E-state index in [1.54, 1.807) is 11.4 Å². The second kappa shape index (κ2) is 6.01. The third kappa shape index (κ3) is 3.63. The van der Waals surface area contributed by atoms with E-state index in [1.807, 2.05) is 0 Å². The first-order chi connectivity index (χ1) is 11.6. The van der Waals surface area contributed by atoms with Crippen LogP contribution in [0.2, 0.25) is 0 Å². The Balaban J connectivity index is 1.90. The Morgan fingerprint density at radius 2 is 1.92 bits per heavy atom. The van der Waals surface area contributed by atoms with E-state index in [2.05, 4.69) is 0 Å². The summed E-state index contributed by atoms with van der Waals surface area (Å²) in [5, 5.41) is 1.77. The molecule has 1 aromatic rings. The van der Waals surface area contributed by atoms with Crippen LogP contribution in [0.15, 0.2) is 24.3 Å². The molecular formula is C15H15F3N2O4S. The first kappa shape index (κ1) is 17.7. The maximum absolute atomic E-state index is 12.3. The first-order valence-electron chi connectivity index (χ1n) is 7.54. The van der Waals surface area contributed by atoms with Gasteiger partial charge in [-0.25, -0.2) is 8.42 Å². The van der Waals surface area contributed by atoms with Gasteiger partial charge in [-0.3, -0.25) is 9.59 Å². The molecule has 2 atom stereocenters. The van der Waals surface area contributed by atoms with E-state index >= 15 is 0 Å². The van der Waals surface area contributed by atoms with E-state index < -0.39 is 34.5 Å². The number of hydrogen-bond donors (Lipinski definition) is 1. The molecule has 0 aromatic heterocycles. The zero-order valence-corrected chi connectivity index (χ0v) is 13.7. The third-order valence-corrected chi connectivity index (χ3v) is 6.12. The summed E-state index contributed by atoms with van der Waals surface area (Å²) >= 11 is 0. The second-order valence-corrected chi connectivity index (χ2v) is 8.34. The van der Waals surface area contributed by atoms with Crippen molar-refractivity contribution in [3.63, 3.8) is 0 Å². The largest absolute Gasteiger partial charge is 0.405 e. The molecule has 2 amide bonds. The molecule has 0 bridgehead atoms. The Morgan fingerprint density at radius 3 is 2.60 bits per heavy atom. The van der Waals surface area contributed by atoms with Gasteiger partial charge in [-0.2, -0.15) is 13.2 Å². The molecule has 2 aliphatic heterocycles. The number of hydrogen-bond acceptors (Lipinski definition) is 4. The summed E-state index contributed by atoms with van der Waals surface area (Å²) in [5.41, 5.74) is 0.0434. The fraction of sp³-hybridized carbons (Fsp3) is 0.467. The highest BCUT2D eigenvalue weighted by Gasteiger charge is 2.49. The number of nitrogens with zero attached hydrogens (tertiary/aromatic N) is 1. The van der Waals surface area contributed by atoms with Crippen LogP contribution in [0.1, 0.15) is 16.8 Å². The van der Waals surface area contributed by atoms with E-state index in [9.17, 15) is 31.2 Å². The lowest BCUT2D eigenvalue weighted by Crippen LogP contribution is -2.39. The quantitative estimate of drug-likeness (QED) is 0.857. The Hall–Kier alpha value is -2.10. The number of amides is 2. The monoisotopic (exact) mass is 376 g/mol. The highest BCUT2D eigenvalue weighted by Crippen LogP contribution is 2.38. The van der Waals surface area contributed by atoms with Crippen LogP contribution in [0.5, 0.6) is 0 Å². The topological polar surface area (TPSA) is 83.6 Å². The molecule has 10 heteroatoms. The van der Waals surface area contributed by atoms with E-state index in [0.717, 1.165) is 0 Å². The minimum atomic E-state index is -4.56. The molecule has 1 N–H and O–H groups in total. The van der Waals surface area contributed by atoms with Crippen LogP contribution in [-0.2, 0) is 14.6 Å². The van der Waals surface area contributed by atoms with Gasteiger partial charge in [-0.1, -0.05) is 12.1 Å². The lowest BCUT2D eigenvalue weighted by molar-refractivity contribution is -0.123. The van der Waals surface area contributed by atoms with Crippen molar-refractivity contribution in [3.8, 4) is 0 Å². The number of carbonyl (C=O) groups excluding carboxylic acids is 2. The highest BCUT2D eigenvalue weighted by atomic mass is 32.2. The van der Waals surface area contributed by atoms with Gasteiger partial charge in [0.2, 0.25) is 5.91 Å². The number of anilines is 1. The van der Waals surface area contributed by atoms with Crippen molar-refractivity contribution in [1.29, 1.82) is 0 Å². The number of sulfone groups is 1. The van der Waals surface area contributed by atoms with Crippen LogP contribution in [0, 0.1) is 5.92 Å². The summed E-state index contributed by atoms with van der Waals surface area (Å²) in [6.07, 6.45) is -4.51. The van der Waals surface area contributed by atoms with Gasteiger partial charge >= 0.3 is 6.18 Å². The average molecular weight is 376 g/mol. The third-order valence-electron chi connectivity index (χ3n) is 4.33. The van der Waals surface area contributed by atoms with Crippen LogP contribution in [0.4, 0.5) is 18.9 Å². The molecule has 1 aromatic carbocycles. The minimum Gasteiger partial charge on any atom is -0.343 e. The molecule has 2 fully saturated rings. The zero-order valence-electron chi connectivity index (χ0n) is 12.9. The highest BCUT2D eigenvalue weighted by molar-refractivity contribution is 7.91. The fourth-order valence-electron chi connectivity index (χ4n) is 3.35. The summed E-state index contributed by atoms with van der Waals surface area (Å²) < 4.78 is 60.6. The van der Waals surface area contributed by atoms with Crippen LogP contribution in [-0.4, -0.2) is 50.5 Å². The number of nitrogens with one attached hydrogen (secondary N) is 1. The van der Waals surface area contributed by atoms with Crippen molar-refractivity contribution >= 4 is 27.3 Å². The normalized spacial score (nSPS) is 25.1. The molecule has 0 spiro atoms. The minimum absolute atomic E-state index is 0.0440. The van der Waals surface area contributed by atoms with Crippen LogP contribution in [0.25, 0.3) is 0 Å². The molecule has 2 aliphatic rings. The van der Waals surface area contributed by atoms with Crippen LogP contribution < -0.4 is 10.2 Å². The molecule has 0 aliphatic carbocycles. The lowest BCUT2D eigenvalue weighted by atomic mass is 10.0. The van der Waals surface area contributed by atoms with Gasteiger partial charge in [0.05, 0.1) is 28.8 Å².